The van der Waals surface area contributed by atoms with Crippen LogP contribution in [-0.4, -0.2) is 20.2 Å². The molecule has 0 spiro atoms. The fraction of sp³-hybridized carbons (Fsp3) is 0.280. The minimum Gasteiger partial charge on any atom is -0.386 e. The lowest BCUT2D eigenvalue weighted by Gasteiger charge is -2.20. The highest BCUT2D eigenvalue weighted by Gasteiger charge is 2.27. The van der Waals surface area contributed by atoms with Gasteiger partial charge in [-0.05, 0) is 54.2 Å². The molecule has 2 aromatic rings. The number of amides is 2. The van der Waals surface area contributed by atoms with E-state index in [2.05, 4.69) is 22.8 Å². The van der Waals surface area contributed by atoms with Crippen molar-refractivity contribution in [3.05, 3.63) is 77.0 Å². The summed E-state index contributed by atoms with van der Waals surface area (Å²) in [6.45, 7) is 0.367. The van der Waals surface area contributed by atoms with E-state index in [1.54, 1.807) is 24.4 Å². The molecule has 4 N–H and O–H groups in total. The Kier molecular flexibility index (Phi) is 6.76. The third kappa shape index (κ3) is 5.58. The third-order valence-electron chi connectivity index (χ3n) is 6.07. The maximum absolute atomic E-state index is 12.5. The number of hydrogen-bond acceptors (Lipinski definition) is 5. The van der Waals surface area contributed by atoms with E-state index >= 15 is 0 Å². The summed E-state index contributed by atoms with van der Waals surface area (Å²) in [7, 11) is -3.74. The van der Waals surface area contributed by atoms with Gasteiger partial charge in [-0.3, -0.25) is 14.9 Å². The van der Waals surface area contributed by atoms with Crippen LogP contribution < -0.4 is 15.8 Å². The summed E-state index contributed by atoms with van der Waals surface area (Å²) in [6, 6.07) is 11.7. The number of fused-ring (bicyclic) bond motifs is 1. The van der Waals surface area contributed by atoms with Crippen LogP contribution in [0.25, 0.3) is 11.6 Å². The molecule has 1 aliphatic carbocycles. The molecule has 0 radical (unpaired) electrons. The molecule has 172 valence electrons. The highest BCUT2D eigenvalue weighted by Crippen LogP contribution is 2.28. The molecule has 0 saturated heterocycles. The molecule has 1 saturated carbocycles. The SMILES string of the molecule is NS(=O)(=O)c1ccc(CN/C=C2\C(=O)NC(=O)c3ccc(/C=C/C4CCCCC4)cc32)cc1. The predicted octanol–water partition coefficient (Wildman–Crippen LogP) is 3.33. The maximum atomic E-state index is 12.5. The third-order valence-corrected chi connectivity index (χ3v) is 6.99. The van der Waals surface area contributed by atoms with Gasteiger partial charge in [0.05, 0.1) is 10.5 Å². The number of hydrogen-bond donors (Lipinski definition) is 3. The Balaban J connectivity index is 1.53. The number of rotatable bonds is 6. The van der Waals surface area contributed by atoms with Gasteiger partial charge in [-0.25, -0.2) is 13.6 Å². The second kappa shape index (κ2) is 9.72. The Morgan fingerprint density at radius 2 is 1.70 bits per heavy atom. The molecule has 8 heteroatoms. The van der Waals surface area contributed by atoms with Crippen molar-refractivity contribution in [3.8, 4) is 0 Å². The monoisotopic (exact) mass is 465 g/mol. The zero-order valence-corrected chi connectivity index (χ0v) is 19.0. The van der Waals surface area contributed by atoms with Gasteiger partial charge in [0.25, 0.3) is 11.8 Å². The van der Waals surface area contributed by atoms with Gasteiger partial charge in [0, 0.05) is 23.9 Å². The number of nitrogens with two attached hydrogens (primary N) is 1. The summed E-state index contributed by atoms with van der Waals surface area (Å²) in [5.41, 5.74) is 3.18. The van der Waals surface area contributed by atoms with Gasteiger partial charge < -0.3 is 5.32 Å². The van der Waals surface area contributed by atoms with Crippen LogP contribution >= 0.6 is 0 Å². The molecular weight excluding hydrogens is 438 g/mol. The zero-order chi connectivity index (χ0) is 23.4. The van der Waals surface area contributed by atoms with E-state index in [4.69, 9.17) is 5.14 Å². The minimum absolute atomic E-state index is 0.0394. The van der Waals surface area contributed by atoms with E-state index < -0.39 is 21.8 Å². The summed E-state index contributed by atoms with van der Waals surface area (Å²) in [6.07, 6.45) is 12.1. The molecule has 0 bridgehead atoms. The summed E-state index contributed by atoms with van der Waals surface area (Å²) >= 11 is 0. The van der Waals surface area contributed by atoms with Crippen molar-refractivity contribution < 1.29 is 18.0 Å². The van der Waals surface area contributed by atoms with E-state index in [1.807, 2.05) is 12.1 Å². The normalized spacial score (nSPS) is 18.4. The van der Waals surface area contributed by atoms with Gasteiger partial charge in [0.2, 0.25) is 10.0 Å². The quantitative estimate of drug-likeness (QED) is 0.447. The Morgan fingerprint density at radius 3 is 2.39 bits per heavy atom. The molecule has 2 aliphatic rings. The van der Waals surface area contributed by atoms with Gasteiger partial charge in [-0.1, -0.05) is 49.6 Å². The van der Waals surface area contributed by atoms with Crippen molar-refractivity contribution in [1.82, 2.24) is 10.6 Å². The predicted molar refractivity (Wildman–Crippen MR) is 127 cm³/mol. The fourth-order valence-electron chi connectivity index (χ4n) is 4.23. The van der Waals surface area contributed by atoms with Crippen LogP contribution in [0.3, 0.4) is 0 Å². The van der Waals surface area contributed by atoms with Crippen LogP contribution in [0.1, 0.15) is 59.2 Å². The number of nitrogens with one attached hydrogen (secondary N) is 2. The van der Waals surface area contributed by atoms with Gasteiger partial charge >= 0.3 is 0 Å². The van der Waals surface area contributed by atoms with Gasteiger partial charge in [0.15, 0.2) is 0 Å². The van der Waals surface area contributed by atoms with Crippen molar-refractivity contribution in [2.45, 2.75) is 43.5 Å². The average Bonchev–Trinajstić information content (AvgIpc) is 2.80. The molecule has 7 nitrogen and oxygen atoms in total. The van der Waals surface area contributed by atoms with Gasteiger partial charge in [0.1, 0.15) is 0 Å². The first kappa shape index (κ1) is 22.9. The lowest BCUT2D eigenvalue weighted by atomic mass is 9.88. The van der Waals surface area contributed by atoms with E-state index in [0.717, 1.165) is 11.1 Å². The largest absolute Gasteiger partial charge is 0.386 e. The highest BCUT2D eigenvalue weighted by molar-refractivity contribution is 7.89. The van der Waals surface area contributed by atoms with E-state index in [1.165, 1.54) is 44.2 Å². The molecule has 1 fully saturated rings. The van der Waals surface area contributed by atoms with Crippen LogP contribution in [0, 0.1) is 5.92 Å². The summed E-state index contributed by atoms with van der Waals surface area (Å²) in [5.74, 6) is -0.288. The van der Waals surface area contributed by atoms with Crippen LogP contribution in [0.4, 0.5) is 0 Å². The average molecular weight is 466 g/mol. The summed E-state index contributed by atoms with van der Waals surface area (Å²) in [5, 5.41) is 10.6. The molecule has 2 aromatic carbocycles. The summed E-state index contributed by atoms with van der Waals surface area (Å²) in [4.78, 5) is 24.9. The first-order chi connectivity index (χ1) is 15.8. The second-order valence-corrected chi connectivity index (χ2v) is 10.0. The van der Waals surface area contributed by atoms with Crippen molar-refractivity contribution in [3.63, 3.8) is 0 Å². The Labute approximate surface area is 193 Å². The van der Waals surface area contributed by atoms with Crippen LogP contribution in [-0.2, 0) is 21.4 Å². The molecule has 1 aliphatic heterocycles. The van der Waals surface area contributed by atoms with E-state index in [-0.39, 0.29) is 4.90 Å². The van der Waals surface area contributed by atoms with E-state index in [9.17, 15) is 18.0 Å². The van der Waals surface area contributed by atoms with Gasteiger partial charge in [-0.15, -0.1) is 0 Å². The topological polar surface area (TPSA) is 118 Å². The van der Waals surface area contributed by atoms with Crippen LogP contribution in [0.2, 0.25) is 0 Å². The van der Waals surface area contributed by atoms with E-state index in [0.29, 0.717) is 29.2 Å². The first-order valence-electron chi connectivity index (χ1n) is 11.0. The number of carbonyl (C=O) groups is 2. The first-order valence-corrected chi connectivity index (χ1v) is 12.6. The molecular formula is C25H27N3O4S. The molecule has 33 heavy (non-hydrogen) atoms. The standard InChI is InChI=1S/C25H27N3O4S/c26-33(31,32)20-11-8-19(9-12-20)15-27-16-23-22-14-18(7-6-17-4-2-1-3-5-17)10-13-21(22)24(29)28-25(23)30/h6-14,16-17,27H,1-5,15H2,(H2,26,31,32)(H,28,29,30)/b7-6+,23-16-. The smallest absolute Gasteiger partial charge is 0.260 e. The molecule has 0 aromatic heterocycles. The zero-order valence-electron chi connectivity index (χ0n) is 18.2. The van der Waals surface area contributed by atoms with Crippen LogP contribution in [0.5, 0.6) is 0 Å². The molecule has 0 atom stereocenters. The minimum atomic E-state index is -3.74. The summed E-state index contributed by atoms with van der Waals surface area (Å²) < 4.78 is 22.8. The number of imide groups is 1. The Hall–Kier alpha value is -3.23. The van der Waals surface area contributed by atoms with Crippen LogP contribution in [0.15, 0.2) is 59.6 Å². The van der Waals surface area contributed by atoms with Gasteiger partial charge in [-0.2, -0.15) is 0 Å². The van der Waals surface area contributed by atoms with Crippen molar-refractivity contribution >= 4 is 33.5 Å². The number of primary sulfonamides is 1. The molecule has 1 heterocycles. The van der Waals surface area contributed by atoms with Crippen molar-refractivity contribution in [1.29, 1.82) is 0 Å². The number of benzene rings is 2. The molecule has 2 amide bonds. The molecule has 4 rings (SSSR count). The highest BCUT2D eigenvalue weighted by atomic mass is 32.2. The fourth-order valence-corrected chi connectivity index (χ4v) is 4.75. The number of carbonyl (C=O) groups excluding carboxylic acids is 2. The lowest BCUT2D eigenvalue weighted by Crippen LogP contribution is -2.37. The lowest BCUT2D eigenvalue weighted by molar-refractivity contribution is -0.114. The Morgan fingerprint density at radius 1 is 0.970 bits per heavy atom. The maximum Gasteiger partial charge on any atom is 0.260 e. The Bertz CT molecular complexity index is 1220. The van der Waals surface area contributed by atoms with Crippen molar-refractivity contribution in [2.75, 3.05) is 0 Å². The number of allylic oxidation sites excluding steroid dienone is 1. The second-order valence-electron chi connectivity index (χ2n) is 8.47. The molecule has 0 unspecified atom stereocenters. The number of sulfonamides is 1. The van der Waals surface area contributed by atoms with Crippen molar-refractivity contribution in [2.24, 2.45) is 11.1 Å².